The van der Waals surface area contributed by atoms with E-state index in [1.165, 1.54) is 4.90 Å². The van der Waals surface area contributed by atoms with E-state index in [0.717, 1.165) is 12.0 Å². The smallest absolute Gasteiger partial charge is 0.248 e. The molecule has 7 rings (SSSR count). The number of allylic oxidation sites excluding steroid dienone is 2. The van der Waals surface area contributed by atoms with Gasteiger partial charge < -0.3 is 5.32 Å². The number of benzene rings is 2. The number of halogens is 2. The molecule has 2 bridgehead atoms. The Hall–Kier alpha value is -2.63. The second-order valence-corrected chi connectivity index (χ2v) is 10.3. The van der Waals surface area contributed by atoms with Crippen molar-refractivity contribution in [1.82, 2.24) is 4.90 Å². The summed E-state index contributed by atoms with van der Waals surface area (Å²) in [6.45, 7) is 0. The summed E-state index contributed by atoms with van der Waals surface area (Å²) in [6, 6.07) is 13.4. The molecule has 0 aromatic heterocycles. The van der Waals surface area contributed by atoms with E-state index in [0.29, 0.717) is 22.5 Å². The van der Waals surface area contributed by atoms with Crippen molar-refractivity contribution >= 4 is 46.6 Å². The molecule has 2 aromatic carbocycles. The van der Waals surface area contributed by atoms with Crippen LogP contribution in [0.15, 0.2) is 60.7 Å². The Bertz CT molecular complexity index is 1160. The molecule has 1 heterocycles. The monoisotopic (exact) mass is 480 g/mol. The summed E-state index contributed by atoms with van der Waals surface area (Å²) in [5, 5.41) is 3.35. The van der Waals surface area contributed by atoms with E-state index in [9.17, 15) is 14.4 Å². The second kappa shape index (κ2) is 7.71. The molecule has 2 aromatic rings. The van der Waals surface area contributed by atoms with Crippen molar-refractivity contribution < 1.29 is 14.4 Å². The number of rotatable bonds is 5. The number of nitrogens with zero attached hydrogens (tertiary/aromatic N) is 1. The molecule has 4 aliphatic carbocycles. The zero-order chi connectivity index (χ0) is 22.9. The molecule has 5 nitrogen and oxygen atoms in total. The molecule has 1 saturated heterocycles. The van der Waals surface area contributed by atoms with Gasteiger partial charge in [0.15, 0.2) is 0 Å². The summed E-state index contributed by atoms with van der Waals surface area (Å²) < 4.78 is 0. The van der Waals surface area contributed by atoms with Gasteiger partial charge in [0.2, 0.25) is 17.7 Å². The Balaban J connectivity index is 1.34. The minimum atomic E-state index is -0.969. The highest BCUT2D eigenvalue weighted by Crippen LogP contribution is 2.65. The van der Waals surface area contributed by atoms with Crippen molar-refractivity contribution in [1.29, 1.82) is 0 Å². The summed E-state index contributed by atoms with van der Waals surface area (Å²) in [7, 11) is 0. The first-order valence-electron chi connectivity index (χ1n) is 11.3. The van der Waals surface area contributed by atoms with Crippen LogP contribution in [0, 0.1) is 35.5 Å². The van der Waals surface area contributed by atoms with Crippen LogP contribution in [0.25, 0.3) is 0 Å². The van der Waals surface area contributed by atoms with E-state index in [-0.39, 0.29) is 46.9 Å². The number of carbonyl (C=O) groups excluding carboxylic acids is 3. The predicted octanol–water partition coefficient (Wildman–Crippen LogP) is 4.60. The SMILES string of the molecule is O=C(Nc1cccc(Cl)c1Cl)[C@H](Cc1ccccc1)N1C(=O)[C@@H]2[C@H]3C=C[C@@H]([C@@H]4C[C@H]34)[C@H]2C1=O. The fraction of sp³-hybridized carbons (Fsp3) is 0.346. The zero-order valence-corrected chi connectivity index (χ0v) is 19.2. The lowest BCUT2D eigenvalue weighted by Crippen LogP contribution is -2.49. The lowest BCUT2D eigenvalue weighted by Gasteiger charge is -2.37. The molecule has 1 N–H and O–H groups in total. The number of carbonyl (C=O) groups is 3. The van der Waals surface area contributed by atoms with Crippen LogP contribution in [-0.2, 0) is 20.8 Å². The van der Waals surface area contributed by atoms with Crippen LogP contribution in [0.5, 0.6) is 0 Å². The number of likely N-dealkylation sites (tertiary alicyclic amines) is 1. The van der Waals surface area contributed by atoms with Gasteiger partial charge in [-0.15, -0.1) is 0 Å². The van der Waals surface area contributed by atoms with Crippen molar-refractivity contribution in [3.63, 3.8) is 0 Å². The maximum Gasteiger partial charge on any atom is 0.248 e. The maximum absolute atomic E-state index is 13.7. The summed E-state index contributed by atoms with van der Waals surface area (Å²) in [5.74, 6) is -0.369. The Morgan fingerprint density at radius 2 is 1.58 bits per heavy atom. The third-order valence-electron chi connectivity index (χ3n) is 7.79. The average Bonchev–Trinajstić information content (AvgIpc) is 3.60. The average molecular weight is 481 g/mol. The highest BCUT2D eigenvalue weighted by Gasteiger charge is 2.67. The zero-order valence-electron chi connectivity index (χ0n) is 17.7. The summed E-state index contributed by atoms with van der Waals surface area (Å²) >= 11 is 12.4. The standard InChI is InChI=1S/C26H22Cl2N2O3/c27-18-7-4-8-19(23(18)28)29-24(31)20(11-13-5-2-1-3-6-13)30-25(32)21-14-9-10-15(17-12-16(14)17)22(21)26(30)33/h1-10,14-17,20-22H,11-12H2,(H,29,31)/t14-,15-,16-,17+,20-,21+,22+/m0/s1. The van der Waals surface area contributed by atoms with E-state index in [1.807, 2.05) is 30.3 Å². The third kappa shape index (κ3) is 3.24. The van der Waals surface area contributed by atoms with Gasteiger partial charge in [0.1, 0.15) is 6.04 Å². The molecule has 5 aliphatic rings. The number of nitrogens with one attached hydrogen (secondary N) is 1. The van der Waals surface area contributed by atoms with Crippen molar-refractivity contribution in [2.24, 2.45) is 35.5 Å². The van der Waals surface area contributed by atoms with Crippen LogP contribution < -0.4 is 5.32 Å². The molecule has 3 fully saturated rings. The van der Waals surface area contributed by atoms with Gasteiger partial charge in [0.05, 0.1) is 27.6 Å². The molecular formula is C26H22Cl2N2O3. The largest absolute Gasteiger partial charge is 0.323 e. The Morgan fingerprint density at radius 1 is 0.939 bits per heavy atom. The Morgan fingerprint density at radius 3 is 2.21 bits per heavy atom. The Kier molecular flexibility index (Phi) is 4.89. The van der Waals surface area contributed by atoms with Crippen LogP contribution in [0.3, 0.4) is 0 Å². The Labute approximate surface area is 201 Å². The molecule has 3 amide bonds. The number of hydrogen-bond donors (Lipinski definition) is 1. The minimum absolute atomic E-state index is 0.106. The molecule has 33 heavy (non-hydrogen) atoms. The molecule has 7 atom stereocenters. The topological polar surface area (TPSA) is 66.5 Å². The first-order valence-corrected chi connectivity index (χ1v) is 12.1. The van der Waals surface area contributed by atoms with Gasteiger partial charge in [-0.1, -0.05) is 71.8 Å². The lowest BCUT2D eigenvalue weighted by molar-refractivity contribution is -0.146. The van der Waals surface area contributed by atoms with Crippen LogP contribution in [0.1, 0.15) is 12.0 Å². The van der Waals surface area contributed by atoms with Crippen molar-refractivity contribution in [2.45, 2.75) is 18.9 Å². The number of hydrogen-bond acceptors (Lipinski definition) is 3. The highest BCUT2D eigenvalue weighted by molar-refractivity contribution is 6.44. The van der Waals surface area contributed by atoms with Crippen LogP contribution in [-0.4, -0.2) is 28.7 Å². The van der Waals surface area contributed by atoms with Gasteiger partial charge >= 0.3 is 0 Å². The van der Waals surface area contributed by atoms with Gasteiger partial charge in [-0.2, -0.15) is 0 Å². The normalized spacial score (nSPS) is 31.9. The highest BCUT2D eigenvalue weighted by atomic mass is 35.5. The van der Waals surface area contributed by atoms with Crippen molar-refractivity contribution in [2.75, 3.05) is 5.32 Å². The number of imide groups is 1. The van der Waals surface area contributed by atoms with E-state index in [4.69, 9.17) is 23.2 Å². The van der Waals surface area contributed by atoms with Gasteiger partial charge in [-0.3, -0.25) is 19.3 Å². The second-order valence-electron chi connectivity index (χ2n) is 9.50. The molecule has 1 aliphatic heterocycles. The van der Waals surface area contributed by atoms with Gasteiger partial charge in [0.25, 0.3) is 0 Å². The summed E-state index contributed by atoms with van der Waals surface area (Å²) in [6.07, 6.45) is 5.59. The van der Waals surface area contributed by atoms with Crippen molar-refractivity contribution in [3.05, 3.63) is 76.3 Å². The van der Waals surface area contributed by atoms with Crippen LogP contribution >= 0.6 is 23.2 Å². The van der Waals surface area contributed by atoms with Gasteiger partial charge in [-0.25, -0.2) is 0 Å². The summed E-state index contributed by atoms with van der Waals surface area (Å²) in [4.78, 5) is 42.1. The van der Waals surface area contributed by atoms with Crippen LogP contribution in [0.4, 0.5) is 5.69 Å². The maximum atomic E-state index is 13.7. The first kappa shape index (κ1) is 20.9. The van der Waals surface area contributed by atoms with Crippen LogP contribution in [0.2, 0.25) is 10.0 Å². The van der Waals surface area contributed by atoms with E-state index in [1.54, 1.807) is 18.2 Å². The van der Waals surface area contributed by atoms with Gasteiger partial charge in [-0.05, 0) is 47.8 Å². The first-order chi connectivity index (χ1) is 16.0. The molecule has 7 heteroatoms. The molecule has 0 spiro atoms. The number of anilines is 1. The molecule has 168 valence electrons. The van der Waals surface area contributed by atoms with E-state index in [2.05, 4.69) is 17.5 Å². The predicted molar refractivity (Wildman–Crippen MR) is 126 cm³/mol. The molecule has 2 saturated carbocycles. The quantitative estimate of drug-likeness (QED) is 0.502. The molecule has 0 unspecified atom stereocenters. The van der Waals surface area contributed by atoms with E-state index < -0.39 is 11.9 Å². The van der Waals surface area contributed by atoms with Crippen molar-refractivity contribution in [3.8, 4) is 0 Å². The third-order valence-corrected chi connectivity index (χ3v) is 8.61. The molecule has 0 radical (unpaired) electrons. The fourth-order valence-corrected chi connectivity index (χ4v) is 6.59. The minimum Gasteiger partial charge on any atom is -0.323 e. The van der Waals surface area contributed by atoms with E-state index >= 15 is 0 Å². The summed E-state index contributed by atoms with van der Waals surface area (Å²) in [5.41, 5.74) is 1.22. The van der Waals surface area contributed by atoms with Gasteiger partial charge in [0, 0.05) is 6.42 Å². The lowest BCUT2D eigenvalue weighted by atomic mass is 9.63. The fourth-order valence-electron chi connectivity index (χ4n) is 6.24. The number of amides is 3. The molecular weight excluding hydrogens is 459 g/mol.